The minimum Gasteiger partial charge on any atom is -0.505 e. The quantitative estimate of drug-likeness (QED) is 0.284. The van der Waals surface area contributed by atoms with Gasteiger partial charge in [0.05, 0.1) is 22.7 Å². The number of carbonyl (C=O) groups excluding carboxylic acids is 1. The molecule has 1 aliphatic rings. The van der Waals surface area contributed by atoms with E-state index in [1.165, 1.54) is 52.5 Å². The van der Waals surface area contributed by atoms with Crippen molar-refractivity contribution < 1.29 is 27.4 Å². The number of ether oxygens (including phenoxy) is 1. The summed E-state index contributed by atoms with van der Waals surface area (Å²) < 4.78 is 47.9. The highest BCUT2D eigenvalue weighted by atomic mass is 32.2. The fraction of sp³-hybridized carbons (Fsp3) is 0.300. The predicted molar refractivity (Wildman–Crippen MR) is 155 cm³/mol. The molecule has 12 heteroatoms. The maximum absolute atomic E-state index is 13.9. The van der Waals surface area contributed by atoms with Crippen molar-refractivity contribution in [3.8, 4) is 11.4 Å². The number of aromatic hydroxyl groups is 1. The number of aromatic nitrogens is 2. The summed E-state index contributed by atoms with van der Waals surface area (Å²) in [7, 11) is -2.37. The Morgan fingerprint density at radius 1 is 1.07 bits per heavy atom. The van der Waals surface area contributed by atoms with Gasteiger partial charge in [-0.1, -0.05) is 24.6 Å². The Morgan fingerprint density at radius 3 is 2.52 bits per heavy atom. The lowest BCUT2D eigenvalue weighted by molar-refractivity contribution is 0.0932. The molecule has 5 rings (SSSR count). The van der Waals surface area contributed by atoms with Gasteiger partial charge in [-0.25, -0.2) is 12.8 Å². The molecule has 0 aliphatic carbocycles. The molecule has 0 saturated carbocycles. The summed E-state index contributed by atoms with van der Waals surface area (Å²) in [6.07, 6.45) is 4.35. The Balaban J connectivity index is 1.68. The van der Waals surface area contributed by atoms with Gasteiger partial charge in [-0.15, -0.1) is 0 Å². The second kappa shape index (κ2) is 12.4. The minimum absolute atomic E-state index is 0.0107. The molecule has 2 aromatic carbocycles. The van der Waals surface area contributed by atoms with Gasteiger partial charge in [-0.2, -0.15) is 4.31 Å². The van der Waals surface area contributed by atoms with Crippen LogP contribution in [0.5, 0.6) is 5.75 Å². The lowest BCUT2D eigenvalue weighted by Gasteiger charge is -2.26. The summed E-state index contributed by atoms with van der Waals surface area (Å²) >= 11 is 0. The molecule has 0 unspecified atom stereocenters. The number of amides is 1. The molecule has 220 valence electrons. The Bertz CT molecular complexity index is 1780. The highest BCUT2D eigenvalue weighted by Gasteiger charge is 2.28. The molecule has 2 N–H and O–H groups in total. The summed E-state index contributed by atoms with van der Waals surface area (Å²) in [5.74, 6) is -1.78. The van der Waals surface area contributed by atoms with E-state index in [4.69, 9.17) is 4.74 Å². The number of sulfonamides is 1. The van der Waals surface area contributed by atoms with Gasteiger partial charge >= 0.3 is 0 Å². The average molecular weight is 595 g/mol. The normalized spacial score (nSPS) is 14.2. The summed E-state index contributed by atoms with van der Waals surface area (Å²) in [5.41, 5.74) is 0.423. The first kappa shape index (κ1) is 29.4. The highest BCUT2D eigenvalue weighted by Crippen LogP contribution is 2.29. The van der Waals surface area contributed by atoms with Gasteiger partial charge in [0, 0.05) is 32.9 Å². The number of halogens is 1. The van der Waals surface area contributed by atoms with Gasteiger partial charge in [0.2, 0.25) is 10.0 Å². The van der Waals surface area contributed by atoms with Crippen molar-refractivity contribution in [2.75, 3.05) is 33.4 Å². The first-order valence-corrected chi connectivity index (χ1v) is 15.0. The molecule has 42 heavy (non-hydrogen) atoms. The van der Waals surface area contributed by atoms with Crippen molar-refractivity contribution in [3.05, 3.63) is 93.7 Å². The standard InChI is InChI=1S/C30H31FN4O6S/c1-41-15-12-32-29(37)26-28(36)27-25(17-21(19-33-27)16-20-8-10-22(31)11-9-20)35(30(26)38)23-6-5-7-24(18-23)42(39,40)34-13-3-2-4-14-34/h5-11,17-19,36H,2-4,12-16H2,1H3,(H,32,37). The van der Waals surface area contributed by atoms with Crippen LogP contribution in [0.4, 0.5) is 4.39 Å². The molecule has 1 fully saturated rings. The van der Waals surface area contributed by atoms with E-state index >= 15 is 0 Å². The second-order valence-electron chi connectivity index (χ2n) is 10.1. The van der Waals surface area contributed by atoms with E-state index in [0.717, 1.165) is 24.8 Å². The van der Waals surface area contributed by atoms with Crippen LogP contribution in [-0.4, -0.2) is 66.6 Å². The number of nitrogens with zero attached hydrogens (tertiary/aromatic N) is 3. The number of methoxy groups -OCH3 is 1. The summed E-state index contributed by atoms with van der Waals surface area (Å²) in [6, 6.07) is 13.5. The smallest absolute Gasteiger partial charge is 0.272 e. The Kier molecular flexibility index (Phi) is 8.66. The van der Waals surface area contributed by atoms with Gasteiger partial charge in [0.15, 0.2) is 5.75 Å². The number of hydrogen-bond acceptors (Lipinski definition) is 7. The van der Waals surface area contributed by atoms with Crippen molar-refractivity contribution in [2.45, 2.75) is 30.6 Å². The third kappa shape index (κ3) is 5.91. The molecule has 10 nitrogen and oxygen atoms in total. The SMILES string of the molecule is COCCNC(=O)c1c(O)c2ncc(Cc3ccc(F)cc3)cc2n(-c2cccc(S(=O)(=O)N3CCCCC3)c2)c1=O. The second-order valence-corrected chi connectivity index (χ2v) is 12.0. The summed E-state index contributed by atoms with van der Waals surface area (Å²) in [5, 5.41) is 13.6. The van der Waals surface area contributed by atoms with Gasteiger partial charge in [-0.05, 0) is 66.8 Å². The van der Waals surface area contributed by atoms with Crippen LogP contribution in [0.2, 0.25) is 0 Å². The van der Waals surface area contributed by atoms with Crippen molar-refractivity contribution in [2.24, 2.45) is 0 Å². The first-order chi connectivity index (χ1) is 20.2. The number of rotatable bonds is 9. The predicted octanol–water partition coefficient (Wildman–Crippen LogP) is 3.37. The highest BCUT2D eigenvalue weighted by molar-refractivity contribution is 7.89. The lowest BCUT2D eigenvalue weighted by atomic mass is 10.0. The zero-order valence-corrected chi connectivity index (χ0v) is 23.9. The zero-order chi connectivity index (χ0) is 29.9. The molecular formula is C30H31FN4O6S. The van der Waals surface area contributed by atoms with E-state index < -0.39 is 32.8 Å². The largest absolute Gasteiger partial charge is 0.505 e. The summed E-state index contributed by atoms with van der Waals surface area (Å²) in [6.45, 7) is 1.11. The van der Waals surface area contributed by atoms with Crippen LogP contribution in [-0.2, 0) is 21.2 Å². The topological polar surface area (TPSA) is 131 Å². The third-order valence-corrected chi connectivity index (χ3v) is 9.11. The molecule has 0 radical (unpaired) electrons. The van der Waals surface area contributed by atoms with Crippen LogP contribution in [0.1, 0.15) is 40.7 Å². The number of hydrogen-bond donors (Lipinski definition) is 2. The maximum Gasteiger partial charge on any atom is 0.272 e. The maximum atomic E-state index is 13.9. The average Bonchev–Trinajstić information content (AvgIpc) is 2.99. The van der Waals surface area contributed by atoms with Gasteiger partial charge < -0.3 is 15.2 Å². The molecule has 1 amide bonds. The monoisotopic (exact) mass is 594 g/mol. The van der Waals surface area contributed by atoms with Gasteiger partial charge in [0.1, 0.15) is 16.9 Å². The van der Waals surface area contributed by atoms with E-state index in [-0.39, 0.29) is 40.6 Å². The Morgan fingerprint density at radius 2 is 1.81 bits per heavy atom. The van der Waals surface area contributed by atoms with E-state index in [1.54, 1.807) is 24.3 Å². The summed E-state index contributed by atoms with van der Waals surface area (Å²) in [4.78, 5) is 31.4. The van der Waals surface area contributed by atoms with Gasteiger partial charge in [-0.3, -0.25) is 19.1 Å². The van der Waals surface area contributed by atoms with Crippen molar-refractivity contribution in [1.29, 1.82) is 0 Å². The molecule has 3 heterocycles. The zero-order valence-electron chi connectivity index (χ0n) is 23.0. The molecule has 1 saturated heterocycles. The minimum atomic E-state index is -3.83. The molecule has 0 spiro atoms. The molecular weight excluding hydrogens is 563 g/mol. The van der Waals surface area contributed by atoms with E-state index in [1.807, 2.05) is 0 Å². The van der Waals surface area contributed by atoms with Gasteiger partial charge in [0.25, 0.3) is 11.5 Å². The van der Waals surface area contributed by atoms with Crippen LogP contribution < -0.4 is 10.9 Å². The number of benzene rings is 2. The van der Waals surface area contributed by atoms with Crippen LogP contribution in [0.25, 0.3) is 16.7 Å². The fourth-order valence-corrected chi connectivity index (χ4v) is 6.63. The van der Waals surface area contributed by atoms with E-state index in [0.29, 0.717) is 25.1 Å². The van der Waals surface area contributed by atoms with Crippen LogP contribution in [0.15, 0.2) is 70.5 Å². The van der Waals surface area contributed by atoms with Crippen LogP contribution >= 0.6 is 0 Å². The molecule has 4 aromatic rings. The Labute approximate surface area is 242 Å². The lowest BCUT2D eigenvalue weighted by Crippen LogP contribution is -2.36. The van der Waals surface area contributed by atoms with Crippen molar-refractivity contribution in [1.82, 2.24) is 19.2 Å². The number of piperidine rings is 1. The number of carbonyl (C=O) groups is 1. The Hall–Kier alpha value is -4.13. The number of pyridine rings is 2. The van der Waals surface area contributed by atoms with Crippen molar-refractivity contribution >= 4 is 27.0 Å². The molecule has 2 aromatic heterocycles. The van der Waals surface area contributed by atoms with Crippen LogP contribution in [0.3, 0.4) is 0 Å². The number of fused-ring (bicyclic) bond motifs is 1. The van der Waals surface area contributed by atoms with E-state index in [2.05, 4.69) is 10.3 Å². The molecule has 0 atom stereocenters. The molecule has 0 bridgehead atoms. The fourth-order valence-electron chi connectivity index (χ4n) is 5.08. The third-order valence-electron chi connectivity index (χ3n) is 7.21. The van der Waals surface area contributed by atoms with Crippen LogP contribution in [0, 0.1) is 5.82 Å². The number of nitrogens with one attached hydrogen (secondary N) is 1. The van der Waals surface area contributed by atoms with Crippen molar-refractivity contribution in [3.63, 3.8) is 0 Å². The van der Waals surface area contributed by atoms with E-state index in [9.17, 15) is 27.5 Å². The first-order valence-electron chi connectivity index (χ1n) is 13.6. The molecule has 1 aliphatic heterocycles.